The monoisotopic (exact) mass is 418 g/mol. The highest BCUT2D eigenvalue weighted by atomic mass is 127. The fourth-order valence-corrected chi connectivity index (χ4v) is 2.78. The van der Waals surface area contributed by atoms with Gasteiger partial charge in [-0.1, -0.05) is 28.1 Å². The van der Waals surface area contributed by atoms with Crippen LogP contribution in [0.2, 0.25) is 0 Å². The van der Waals surface area contributed by atoms with Gasteiger partial charge in [0.05, 0.1) is 6.10 Å². The topological polar surface area (TPSA) is 29.5 Å². The van der Waals surface area contributed by atoms with E-state index in [1.165, 1.54) is 0 Å². The van der Waals surface area contributed by atoms with Gasteiger partial charge in [0.2, 0.25) is 0 Å². The largest absolute Gasteiger partial charge is 0.457 e. The van der Waals surface area contributed by atoms with Crippen molar-refractivity contribution in [3.63, 3.8) is 0 Å². The summed E-state index contributed by atoms with van der Waals surface area (Å²) >= 11 is 5.68. The van der Waals surface area contributed by atoms with E-state index in [0.717, 1.165) is 25.1 Å². The molecule has 18 heavy (non-hydrogen) atoms. The fourth-order valence-electron chi connectivity index (χ4n) is 1.58. The Hall–Kier alpha value is -0.590. The van der Waals surface area contributed by atoms with Gasteiger partial charge in [-0.3, -0.25) is 0 Å². The lowest BCUT2D eigenvalue weighted by molar-refractivity contribution is 0.198. The van der Waals surface area contributed by atoms with Gasteiger partial charge in [-0.05, 0) is 65.4 Å². The minimum absolute atomic E-state index is 0.494. The molecule has 4 heteroatoms. The van der Waals surface area contributed by atoms with Gasteiger partial charge in [-0.25, -0.2) is 0 Å². The van der Waals surface area contributed by atoms with E-state index in [2.05, 4.69) is 38.5 Å². The van der Waals surface area contributed by atoms with Gasteiger partial charge in [0.25, 0.3) is 0 Å². The first-order valence-corrected chi connectivity index (χ1v) is 7.34. The zero-order chi connectivity index (χ0) is 13.1. The Kier molecular flexibility index (Phi) is 4.64. The molecule has 0 fully saturated rings. The van der Waals surface area contributed by atoms with E-state index in [0.29, 0.717) is 0 Å². The highest BCUT2D eigenvalue weighted by Crippen LogP contribution is 2.30. The summed E-state index contributed by atoms with van der Waals surface area (Å²) in [5, 5.41) is 9.55. The molecule has 0 unspecified atom stereocenters. The summed E-state index contributed by atoms with van der Waals surface area (Å²) in [6.45, 7) is 1.74. The number of hydrogen-bond donors (Lipinski definition) is 1. The molecule has 0 spiro atoms. The molecule has 2 aromatic carbocycles. The van der Waals surface area contributed by atoms with E-state index in [-0.39, 0.29) is 0 Å². The second kappa shape index (κ2) is 6.04. The number of benzene rings is 2. The minimum Gasteiger partial charge on any atom is -0.457 e. The lowest BCUT2D eigenvalue weighted by Crippen LogP contribution is -1.93. The molecule has 0 aromatic heterocycles. The molecule has 0 saturated carbocycles. The van der Waals surface area contributed by atoms with Crippen molar-refractivity contribution in [3.05, 3.63) is 56.1 Å². The molecule has 0 heterocycles. The zero-order valence-corrected chi connectivity index (χ0v) is 13.5. The lowest BCUT2D eigenvalue weighted by Gasteiger charge is -2.11. The fraction of sp³-hybridized carbons (Fsp3) is 0.143. The normalized spacial score (nSPS) is 12.2. The molecule has 0 amide bonds. The number of halogens is 2. The molecule has 0 saturated heterocycles. The Morgan fingerprint density at radius 1 is 1.17 bits per heavy atom. The molecule has 2 rings (SSSR count). The first kappa shape index (κ1) is 13.8. The van der Waals surface area contributed by atoms with Crippen molar-refractivity contribution in [2.24, 2.45) is 0 Å². The maximum absolute atomic E-state index is 9.55. The first-order chi connectivity index (χ1) is 8.56. The van der Waals surface area contributed by atoms with Crippen molar-refractivity contribution in [1.29, 1.82) is 0 Å². The number of aliphatic hydroxyl groups excluding tert-OH is 1. The van der Waals surface area contributed by atoms with Crippen LogP contribution in [0.5, 0.6) is 11.5 Å². The van der Waals surface area contributed by atoms with E-state index in [1.54, 1.807) is 6.92 Å². The average molecular weight is 419 g/mol. The third-order valence-corrected chi connectivity index (χ3v) is 3.81. The Morgan fingerprint density at radius 3 is 2.50 bits per heavy atom. The molecule has 0 aliphatic heterocycles. The molecule has 0 aliphatic carbocycles. The van der Waals surface area contributed by atoms with Crippen LogP contribution in [0.25, 0.3) is 0 Å². The quantitative estimate of drug-likeness (QED) is 0.718. The van der Waals surface area contributed by atoms with Gasteiger partial charge >= 0.3 is 0 Å². The highest BCUT2D eigenvalue weighted by Gasteiger charge is 2.07. The van der Waals surface area contributed by atoms with Crippen LogP contribution < -0.4 is 4.74 Å². The maximum atomic E-state index is 9.55. The Balaban J connectivity index is 2.23. The third kappa shape index (κ3) is 3.46. The summed E-state index contributed by atoms with van der Waals surface area (Å²) in [5.74, 6) is 1.55. The standard InChI is InChI=1S/C14H12BrIO2/c1-9(17)13-6-5-12(8-14(13)15)18-11-4-2-3-10(16)7-11/h2-9,17H,1H3/t9-/m1/s1. The number of aliphatic hydroxyl groups is 1. The van der Waals surface area contributed by atoms with Crippen LogP contribution in [-0.2, 0) is 0 Å². The number of hydrogen-bond acceptors (Lipinski definition) is 2. The van der Waals surface area contributed by atoms with Gasteiger partial charge in [0.15, 0.2) is 0 Å². The maximum Gasteiger partial charge on any atom is 0.128 e. The predicted octanol–water partition coefficient (Wildman–Crippen LogP) is 4.90. The number of ether oxygens (including phenoxy) is 1. The van der Waals surface area contributed by atoms with Crippen LogP contribution in [0.15, 0.2) is 46.9 Å². The van der Waals surface area contributed by atoms with Crippen LogP contribution >= 0.6 is 38.5 Å². The summed E-state index contributed by atoms with van der Waals surface area (Å²) in [6.07, 6.45) is -0.494. The molecule has 94 valence electrons. The first-order valence-electron chi connectivity index (χ1n) is 5.47. The molecule has 0 radical (unpaired) electrons. The summed E-state index contributed by atoms with van der Waals surface area (Å²) in [6, 6.07) is 13.4. The van der Waals surface area contributed by atoms with Gasteiger partial charge < -0.3 is 9.84 Å². The molecule has 2 nitrogen and oxygen atoms in total. The second-order valence-corrected chi connectivity index (χ2v) is 6.02. The van der Waals surface area contributed by atoms with E-state index in [1.807, 2.05) is 42.5 Å². The van der Waals surface area contributed by atoms with Crippen LogP contribution in [0, 0.1) is 3.57 Å². The van der Waals surface area contributed by atoms with Crippen molar-refractivity contribution in [3.8, 4) is 11.5 Å². The van der Waals surface area contributed by atoms with E-state index >= 15 is 0 Å². The second-order valence-electron chi connectivity index (χ2n) is 3.92. The molecule has 1 N–H and O–H groups in total. The minimum atomic E-state index is -0.494. The van der Waals surface area contributed by atoms with Crippen molar-refractivity contribution >= 4 is 38.5 Å². The van der Waals surface area contributed by atoms with Crippen LogP contribution in [0.1, 0.15) is 18.6 Å². The zero-order valence-electron chi connectivity index (χ0n) is 9.73. The molecule has 1 atom stereocenters. The van der Waals surface area contributed by atoms with Gasteiger partial charge in [0.1, 0.15) is 11.5 Å². The third-order valence-electron chi connectivity index (χ3n) is 2.45. The highest BCUT2D eigenvalue weighted by molar-refractivity contribution is 14.1. The predicted molar refractivity (Wildman–Crippen MR) is 84.0 cm³/mol. The van der Waals surface area contributed by atoms with Crippen LogP contribution in [-0.4, -0.2) is 5.11 Å². The number of rotatable bonds is 3. The molecule has 2 aromatic rings. The van der Waals surface area contributed by atoms with E-state index in [9.17, 15) is 5.11 Å². The van der Waals surface area contributed by atoms with Gasteiger partial charge in [-0.2, -0.15) is 0 Å². The summed E-state index contributed by atoms with van der Waals surface area (Å²) in [7, 11) is 0. The molecule has 0 aliphatic rings. The average Bonchev–Trinajstić information content (AvgIpc) is 2.28. The Labute approximate surface area is 128 Å². The molecular weight excluding hydrogens is 407 g/mol. The van der Waals surface area contributed by atoms with Crippen molar-refractivity contribution in [2.75, 3.05) is 0 Å². The summed E-state index contributed by atoms with van der Waals surface area (Å²) < 4.78 is 7.74. The van der Waals surface area contributed by atoms with Crippen molar-refractivity contribution in [1.82, 2.24) is 0 Å². The van der Waals surface area contributed by atoms with Crippen molar-refractivity contribution < 1.29 is 9.84 Å². The molecular formula is C14H12BrIO2. The van der Waals surface area contributed by atoms with E-state index in [4.69, 9.17) is 4.74 Å². The Morgan fingerprint density at radius 2 is 1.89 bits per heavy atom. The summed E-state index contributed by atoms with van der Waals surface area (Å²) in [4.78, 5) is 0. The smallest absolute Gasteiger partial charge is 0.128 e. The summed E-state index contributed by atoms with van der Waals surface area (Å²) in [5.41, 5.74) is 0.852. The van der Waals surface area contributed by atoms with Crippen molar-refractivity contribution in [2.45, 2.75) is 13.0 Å². The lowest BCUT2D eigenvalue weighted by atomic mass is 10.1. The van der Waals surface area contributed by atoms with Crippen LogP contribution in [0.4, 0.5) is 0 Å². The SMILES string of the molecule is C[C@@H](O)c1ccc(Oc2cccc(I)c2)cc1Br. The van der Waals surface area contributed by atoms with Gasteiger partial charge in [0, 0.05) is 8.04 Å². The van der Waals surface area contributed by atoms with Gasteiger partial charge in [-0.15, -0.1) is 0 Å². The van der Waals surface area contributed by atoms with E-state index < -0.39 is 6.10 Å². The van der Waals surface area contributed by atoms with Crippen LogP contribution in [0.3, 0.4) is 0 Å². The Bertz CT molecular complexity index is 555. The molecule has 0 bridgehead atoms.